The van der Waals surface area contributed by atoms with Crippen molar-refractivity contribution in [2.24, 2.45) is 0 Å². The van der Waals surface area contributed by atoms with E-state index in [1.54, 1.807) is 23.5 Å². The molecule has 5 heteroatoms. The molecular weight excluding hydrogens is 364 g/mol. The molecule has 0 bridgehead atoms. The van der Waals surface area contributed by atoms with E-state index in [9.17, 15) is 9.90 Å². The first-order chi connectivity index (χ1) is 11.9. The number of carbonyl (C=O) groups excluding carboxylic acids is 1. The normalized spacial score (nSPS) is 13.5. The van der Waals surface area contributed by atoms with Gasteiger partial charge in [-0.3, -0.25) is 4.79 Å². The van der Waals surface area contributed by atoms with E-state index in [-0.39, 0.29) is 16.8 Å². The highest BCUT2D eigenvalue weighted by atomic mass is 32.2. The fraction of sp³-hybridized carbons (Fsp3) is 0.667. The van der Waals surface area contributed by atoms with Crippen LogP contribution < -0.4 is 0 Å². The van der Waals surface area contributed by atoms with Crippen molar-refractivity contribution in [2.45, 2.75) is 76.4 Å². The van der Waals surface area contributed by atoms with Crippen molar-refractivity contribution in [3.05, 3.63) is 23.3 Å². The summed E-state index contributed by atoms with van der Waals surface area (Å²) >= 11 is 3.40. The molecule has 1 aromatic rings. The van der Waals surface area contributed by atoms with Gasteiger partial charge < -0.3 is 9.84 Å². The lowest BCUT2D eigenvalue weighted by Crippen LogP contribution is -2.17. The molecule has 0 aliphatic carbocycles. The van der Waals surface area contributed by atoms with Gasteiger partial charge in [0.05, 0.1) is 12.4 Å². The summed E-state index contributed by atoms with van der Waals surface area (Å²) in [7, 11) is 0. The fourth-order valence-electron chi connectivity index (χ4n) is 2.60. The molecule has 0 aliphatic rings. The Kier molecular flexibility index (Phi) is 8.40. The van der Waals surface area contributed by atoms with Crippen molar-refractivity contribution in [2.75, 3.05) is 18.1 Å². The molecule has 0 saturated heterocycles. The maximum atomic E-state index is 11.5. The Bertz CT molecular complexity index is 578. The molecule has 1 aromatic carbocycles. The summed E-state index contributed by atoms with van der Waals surface area (Å²) in [6.07, 6.45) is 0. The summed E-state index contributed by atoms with van der Waals surface area (Å²) in [5, 5.41) is 11.2. The number of benzene rings is 1. The summed E-state index contributed by atoms with van der Waals surface area (Å²) < 4.78 is 4.97. The first-order valence-electron chi connectivity index (χ1n) is 9.14. The fourth-order valence-corrected chi connectivity index (χ4v) is 4.69. The van der Waals surface area contributed by atoms with Crippen LogP contribution in [-0.4, -0.2) is 34.4 Å². The molecule has 3 nitrogen and oxygen atoms in total. The molecule has 0 amide bonds. The molecule has 0 aliphatic heterocycles. The van der Waals surface area contributed by atoms with Crippen LogP contribution in [0, 0.1) is 0 Å². The van der Waals surface area contributed by atoms with Gasteiger partial charge in [-0.2, -0.15) is 0 Å². The molecule has 0 aromatic heterocycles. The first kappa shape index (κ1) is 23.2. The molecule has 1 unspecified atom stereocenters. The van der Waals surface area contributed by atoms with E-state index in [1.165, 1.54) is 4.90 Å². The molecule has 0 spiro atoms. The van der Waals surface area contributed by atoms with Crippen molar-refractivity contribution < 1.29 is 14.6 Å². The smallest absolute Gasteiger partial charge is 0.315 e. The number of phenolic OH excluding ortho intramolecular Hbond substituents is 1. The predicted octanol–water partition coefficient (Wildman–Crippen LogP) is 5.76. The Hall–Kier alpha value is -0.810. The topological polar surface area (TPSA) is 46.5 Å². The first-order valence-corrected chi connectivity index (χ1v) is 11.2. The highest BCUT2D eigenvalue weighted by Gasteiger charge is 2.27. The highest BCUT2D eigenvalue weighted by molar-refractivity contribution is 8.03. The van der Waals surface area contributed by atoms with Crippen LogP contribution in [0.3, 0.4) is 0 Å². The van der Waals surface area contributed by atoms with Crippen LogP contribution in [0.1, 0.15) is 66.5 Å². The summed E-state index contributed by atoms with van der Waals surface area (Å²) in [4.78, 5) is 12.6. The maximum absolute atomic E-state index is 11.5. The zero-order chi connectivity index (χ0) is 20.1. The number of aromatic hydroxyl groups is 1. The standard InChI is InChI=1S/C21H34O3S2/c1-9-24-18(22)13-25-12-14(2)26-15-10-16(20(3,4)5)19(23)17(11-15)21(6,7)8/h10-11,14,23H,9,12-13H2,1-8H3. The summed E-state index contributed by atoms with van der Waals surface area (Å²) in [6, 6.07) is 4.23. The Morgan fingerprint density at radius 2 is 1.62 bits per heavy atom. The van der Waals surface area contributed by atoms with Crippen LogP contribution in [0.15, 0.2) is 17.0 Å². The van der Waals surface area contributed by atoms with Crippen LogP contribution >= 0.6 is 23.5 Å². The van der Waals surface area contributed by atoms with Crippen molar-refractivity contribution >= 4 is 29.5 Å². The monoisotopic (exact) mass is 398 g/mol. The van der Waals surface area contributed by atoms with Gasteiger partial charge in [-0.05, 0) is 29.9 Å². The molecule has 0 heterocycles. The SMILES string of the molecule is CCOC(=O)CSCC(C)Sc1cc(C(C)(C)C)c(O)c(C(C)(C)C)c1. The number of carbonyl (C=O) groups is 1. The van der Waals surface area contributed by atoms with Gasteiger partial charge in [-0.15, -0.1) is 23.5 Å². The highest BCUT2D eigenvalue weighted by Crippen LogP contribution is 2.42. The number of ether oxygens (including phenoxy) is 1. The molecular formula is C21H34O3S2. The van der Waals surface area contributed by atoms with Crippen molar-refractivity contribution in [3.63, 3.8) is 0 Å². The van der Waals surface area contributed by atoms with Gasteiger partial charge in [-0.1, -0.05) is 48.5 Å². The molecule has 1 atom stereocenters. The van der Waals surface area contributed by atoms with Gasteiger partial charge >= 0.3 is 5.97 Å². The Morgan fingerprint density at radius 1 is 1.12 bits per heavy atom. The minimum atomic E-state index is -0.149. The second-order valence-electron chi connectivity index (χ2n) is 8.62. The number of hydrogen-bond donors (Lipinski definition) is 1. The van der Waals surface area contributed by atoms with Gasteiger partial charge in [0.1, 0.15) is 5.75 Å². The van der Waals surface area contributed by atoms with Crippen LogP contribution in [0.4, 0.5) is 0 Å². The molecule has 0 radical (unpaired) electrons. The second-order valence-corrected chi connectivity index (χ2v) is 11.2. The minimum Gasteiger partial charge on any atom is -0.507 e. The van der Waals surface area contributed by atoms with Crippen molar-refractivity contribution in [1.29, 1.82) is 0 Å². The number of phenols is 1. The van der Waals surface area contributed by atoms with Gasteiger partial charge in [0.15, 0.2) is 0 Å². The molecule has 148 valence electrons. The quantitative estimate of drug-likeness (QED) is 0.467. The third kappa shape index (κ3) is 7.07. The Balaban J connectivity index is 2.94. The number of rotatable bonds is 7. The second kappa shape index (κ2) is 9.41. The molecule has 1 N–H and O–H groups in total. The van der Waals surface area contributed by atoms with Crippen molar-refractivity contribution in [3.8, 4) is 5.75 Å². The van der Waals surface area contributed by atoms with E-state index in [2.05, 4.69) is 60.6 Å². The lowest BCUT2D eigenvalue weighted by Gasteiger charge is -2.28. The average Bonchev–Trinajstić information content (AvgIpc) is 2.46. The van der Waals surface area contributed by atoms with Crippen LogP contribution in [0.5, 0.6) is 5.75 Å². The van der Waals surface area contributed by atoms with Crippen LogP contribution in [-0.2, 0) is 20.4 Å². The number of thioether (sulfide) groups is 2. The molecule has 0 saturated carbocycles. The summed E-state index contributed by atoms with van der Waals surface area (Å²) in [6.45, 7) is 17.2. The van der Waals surface area contributed by atoms with E-state index in [4.69, 9.17) is 4.74 Å². The Morgan fingerprint density at radius 3 is 2.04 bits per heavy atom. The largest absolute Gasteiger partial charge is 0.507 e. The summed E-state index contributed by atoms with van der Waals surface area (Å²) in [5.74, 6) is 1.54. The third-order valence-electron chi connectivity index (χ3n) is 3.91. The maximum Gasteiger partial charge on any atom is 0.315 e. The third-order valence-corrected chi connectivity index (χ3v) is 6.38. The van der Waals surface area contributed by atoms with Crippen molar-refractivity contribution in [1.82, 2.24) is 0 Å². The van der Waals surface area contributed by atoms with Gasteiger partial charge in [0.25, 0.3) is 0 Å². The number of hydrogen-bond acceptors (Lipinski definition) is 5. The van der Waals surface area contributed by atoms with E-state index in [1.807, 2.05) is 6.92 Å². The average molecular weight is 399 g/mol. The molecule has 26 heavy (non-hydrogen) atoms. The lowest BCUT2D eigenvalue weighted by molar-refractivity contribution is -0.139. The zero-order valence-corrected chi connectivity index (χ0v) is 19.1. The van der Waals surface area contributed by atoms with E-state index >= 15 is 0 Å². The Labute approximate surface area is 167 Å². The van der Waals surface area contributed by atoms with Crippen LogP contribution in [0.25, 0.3) is 0 Å². The van der Waals surface area contributed by atoms with E-state index in [0.717, 1.165) is 16.9 Å². The number of esters is 1. The van der Waals surface area contributed by atoms with E-state index < -0.39 is 0 Å². The van der Waals surface area contributed by atoms with Crippen LogP contribution in [0.2, 0.25) is 0 Å². The van der Waals surface area contributed by atoms with Gasteiger partial charge in [0.2, 0.25) is 0 Å². The molecule has 1 rings (SSSR count). The lowest BCUT2D eigenvalue weighted by atomic mass is 9.79. The molecule has 0 fully saturated rings. The summed E-state index contributed by atoms with van der Waals surface area (Å²) in [5.41, 5.74) is 1.73. The van der Waals surface area contributed by atoms with Gasteiger partial charge in [-0.25, -0.2) is 0 Å². The van der Waals surface area contributed by atoms with E-state index in [0.29, 0.717) is 23.4 Å². The predicted molar refractivity (Wildman–Crippen MR) is 115 cm³/mol. The minimum absolute atomic E-state index is 0.122. The van der Waals surface area contributed by atoms with Gasteiger partial charge in [0, 0.05) is 27.0 Å². The zero-order valence-electron chi connectivity index (χ0n) is 17.4.